The Kier molecular flexibility index (Phi) is 5.68. The number of rotatable bonds is 6. The first-order chi connectivity index (χ1) is 9.19. The second-order valence-corrected chi connectivity index (χ2v) is 7.21. The van der Waals surface area contributed by atoms with E-state index in [1.165, 1.54) is 19.1 Å². The maximum Gasteiger partial charge on any atom is 0.240 e. The first-order valence-electron chi connectivity index (χ1n) is 6.58. The molecule has 1 rings (SSSR count). The number of aliphatic hydroxyl groups is 1. The molecule has 0 saturated carbocycles. The molecule has 6 heteroatoms. The predicted octanol–water partition coefficient (Wildman–Crippen LogP) is 2.20. The molecular formula is C14H22FNO3S. The van der Waals surface area contributed by atoms with E-state index < -0.39 is 22.4 Å². The number of aliphatic hydroxyl groups excluding tert-OH is 1. The van der Waals surface area contributed by atoms with Crippen molar-refractivity contribution in [3.63, 3.8) is 0 Å². The van der Waals surface area contributed by atoms with Gasteiger partial charge in [0.15, 0.2) is 0 Å². The number of benzene rings is 1. The zero-order valence-electron chi connectivity index (χ0n) is 12.3. The van der Waals surface area contributed by atoms with Crippen molar-refractivity contribution in [2.24, 2.45) is 11.8 Å². The molecule has 1 aromatic carbocycles. The van der Waals surface area contributed by atoms with Crippen LogP contribution in [0.2, 0.25) is 0 Å². The van der Waals surface area contributed by atoms with Gasteiger partial charge in [-0.15, -0.1) is 0 Å². The fraction of sp³-hybridized carbons (Fsp3) is 0.571. The Labute approximate surface area is 120 Å². The lowest BCUT2D eigenvalue weighted by Gasteiger charge is -2.16. The Balaban J connectivity index is 3.01. The van der Waals surface area contributed by atoms with E-state index in [0.29, 0.717) is 12.5 Å². The highest BCUT2D eigenvalue weighted by Gasteiger charge is 2.19. The highest BCUT2D eigenvalue weighted by molar-refractivity contribution is 7.89. The summed E-state index contributed by atoms with van der Waals surface area (Å²) in [4.78, 5) is -0.0172. The fourth-order valence-electron chi connectivity index (χ4n) is 1.64. The van der Waals surface area contributed by atoms with E-state index in [9.17, 15) is 12.8 Å². The minimum atomic E-state index is -3.69. The second kappa shape index (κ2) is 6.65. The Morgan fingerprint density at radius 3 is 2.40 bits per heavy atom. The number of halogens is 1. The highest BCUT2D eigenvalue weighted by Crippen LogP contribution is 2.19. The lowest BCUT2D eigenvalue weighted by Crippen LogP contribution is -2.30. The summed E-state index contributed by atoms with van der Waals surface area (Å²) in [6, 6.07) is 2.45. The summed E-state index contributed by atoms with van der Waals surface area (Å²) in [5.74, 6) is -0.00807. The molecule has 0 amide bonds. The molecule has 1 aromatic rings. The molecule has 20 heavy (non-hydrogen) atoms. The van der Waals surface area contributed by atoms with Crippen LogP contribution in [0.1, 0.15) is 31.9 Å². The molecule has 0 aliphatic carbocycles. The largest absolute Gasteiger partial charge is 0.392 e. The Bertz CT molecular complexity index is 570. The molecule has 0 saturated heterocycles. The maximum atomic E-state index is 13.6. The average Bonchev–Trinajstić information content (AvgIpc) is 2.38. The van der Waals surface area contributed by atoms with Crippen molar-refractivity contribution in [3.8, 4) is 0 Å². The third-order valence-electron chi connectivity index (χ3n) is 3.52. The lowest BCUT2D eigenvalue weighted by atomic mass is 9.99. The minimum absolute atomic E-state index is 0.0118. The van der Waals surface area contributed by atoms with Gasteiger partial charge in [-0.25, -0.2) is 17.5 Å². The van der Waals surface area contributed by atoms with E-state index in [4.69, 9.17) is 5.11 Å². The van der Waals surface area contributed by atoms with Crippen molar-refractivity contribution in [1.82, 2.24) is 4.72 Å². The van der Waals surface area contributed by atoms with Crippen LogP contribution >= 0.6 is 0 Å². The molecule has 0 bridgehead atoms. The number of hydrogen-bond donors (Lipinski definition) is 2. The van der Waals surface area contributed by atoms with E-state index in [2.05, 4.69) is 4.72 Å². The first-order valence-corrected chi connectivity index (χ1v) is 8.07. The third kappa shape index (κ3) is 4.01. The monoisotopic (exact) mass is 303 g/mol. The summed E-state index contributed by atoms with van der Waals surface area (Å²) in [6.07, 6.45) is 0. The predicted molar refractivity (Wildman–Crippen MR) is 76.3 cm³/mol. The van der Waals surface area contributed by atoms with Gasteiger partial charge in [0.1, 0.15) is 5.82 Å². The number of aryl methyl sites for hydroxylation is 1. The van der Waals surface area contributed by atoms with Crippen molar-refractivity contribution in [3.05, 3.63) is 29.1 Å². The van der Waals surface area contributed by atoms with Crippen LogP contribution in [-0.2, 0) is 16.6 Å². The van der Waals surface area contributed by atoms with Crippen LogP contribution in [0.5, 0.6) is 0 Å². The smallest absolute Gasteiger partial charge is 0.240 e. The Morgan fingerprint density at radius 2 is 1.90 bits per heavy atom. The van der Waals surface area contributed by atoms with Gasteiger partial charge in [0, 0.05) is 12.1 Å². The topological polar surface area (TPSA) is 66.4 Å². The van der Waals surface area contributed by atoms with E-state index in [-0.39, 0.29) is 21.9 Å². The summed E-state index contributed by atoms with van der Waals surface area (Å²) >= 11 is 0. The summed E-state index contributed by atoms with van der Waals surface area (Å²) in [5.41, 5.74) is 0.191. The number of sulfonamides is 1. The molecule has 0 heterocycles. The van der Waals surface area contributed by atoms with Crippen LogP contribution < -0.4 is 4.72 Å². The number of hydrogen-bond acceptors (Lipinski definition) is 3. The normalized spacial score (nSPS) is 13.8. The van der Waals surface area contributed by atoms with E-state index in [1.807, 2.05) is 20.8 Å². The molecule has 0 aliphatic rings. The molecular weight excluding hydrogens is 281 g/mol. The quantitative estimate of drug-likeness (QED) is 0.846. The van der Waals surface area contributed by atoms with E-state index in [0.717, 1.165) is 0 Å². The first kappa shape index (κ1) is 17.1. The van der Waals surface area contributed by atoms with Gasteiger partial charge in [-0.2, -0.15) is 0 Å². The summed E-state index contributed by atoms with van der Waals surface area (Å²) in [5, 5.41) is 9.07. The average molecular weight is 303 g/mol. The van der Waals surface area contributed by atoms with Crippen molar-refractivity contribution < 1.29 is 17.9 Å². The SMILES string of the molecule is Cc1cc(S(=O)(=O)NCC(C)C(C)C)cc(CO)c1F. The molecule has 0 spiro atoms. The molecule has 1 atom stereocenters. The molecule has 0 aromatic heterocycles. The second-order valence-electron chi connectivity index (χ2n) is 5.44. The maximum absolute atomic E-state index is 13.6. The van der Waals surface area contributed by atoms with Gasteiger partial charge in [-0.1, -0.05) is 20.8 Å². The van der Waals surface area contributed by atoms with Crippen molar-refractivity contribution >= 4 is 10.0 Å². The molecule has 1 unspecified atom stereocenters. The third-order valence-corrected chi connectivity index (χ3v) is 4.92. The molecule has 0 radical (unpaired) electrons. The van der Waals surface area contributed by atoms with Crippen molar-refractivity contribution in [2.75, 3.05) is 6.54 Å². The highest BCUT2D eigenvalue weighted by atomic mass is 32.2. The Morgan fingerprint density at radius 1 is 1.30 bits per heavy atom. The van der Waals surface area contributed by atoms with Gasteiger partial charge in [0.2, 0.25) is 10.0 Å². The fourth-order valence-corrected chi connectivity index (χ4v) is 2.92. The minimum Gasteiger partial charge on any atom is -0.392 e. The molecule has 2 N–H and O–H groups in total. The van der Waals surface area contributed by atoms with Gasteiger partial charge < -0.3 is 5.11 Å². The van der Waals surface area contributed by atoms with Crippen LogP contribution in [0.25, 0.3) is 0 Å². The van der Waals surface area contributed by atoms with Crippen LogP contribution in [0.4, 0.5) is 4.39 Å². The van der Waals surface area contributed by atoms with Gasteiger partial charge in [-0.3, -0.25) is 0 Å². The van der Waals surface area contributed by atoms with Crippen LogP contribution in [0.15, 0.2) is 17.0 Å². The van der Waals surface area contributed by atoms with Gasteiger partial charge >= 0.3 is 0 Å². The standard InChI is InChI=1S/C14H22FNO3S/c1-9(2)11(4)7-16-20(18,19)13-5-10(3)14(15)12(6-13)8-17/h5-6,9,11,16-17H,7-8H2,1-4H3. The lowest BCUT2D eigenvalue weighted by molar-refractivity contribution is 0.275. The molecule has 0 aliphatic heterocycles. The van der Waals surface area contributed by atoms with E-state index in [1.54, 1.807) is 0 Å². The zero-order valence-corrected chi connectivity index (χ0v) is 13.1. The van der Waals surface area contributed by atoms with Crippen LogP contribution in [-0.4, -0.2) is 20.1 Å². The van der Waals surface area contributed by atoms with Gasteiger partial charge in [-0.05, 0) is 36.5 Å². The summed E-state index contributed by atoms with van der Waals surface area (Å²) < 4.78 is 40.5. The van der Waals surface area contributed by atoms with Gasteiger partial charge in [0.25, 0.3) is 0 Å². The molecule has 0 fully saturated rings. The number of nitrogens with one attached hydrogen (secondary N) is 1. The molecule has 4 nitrogen and oxygen atoms in total. The Hall–Kier alpha value is -0.980. The summed E-state index contributed by atoms with van der Waals surface area (Å²) in [6.45, 7) is 7.27. The zero-order chi connectivity index (χ0) is 15.5. The van der Waals surface area contributed by atoms with E-state index >= 15 is 0 Å². The summed E-state index contributed by atoms with van der Waals surface area (Å²) in [7, 11) is -3.69. The van der Waals surface area contributed by atoms with Crippen LogP contribution in [0, 0.1) is 24.6 Å². The molecule has 114 valence electrons. The van der Waals surface area contributed by atoms with Crippen molar-refractivity contribution in [2.45, 2.75) is 39.2 Å². The van der Waals surface area contributed by atoms with Crippen LogP contribution in [0.3, 0.4) is 0 Å². The van der Waals surface area contributed by atoms with Gasteiger partial charge in [0.05, 0.1) is 11.5 Å². The van der Waals surface area contributed by atoms with Crippen molar-refractivity contribution in [1.29, 1.82) is 0 Å².